The normalized spacial score (nSPS) is 17.1. The van der Waals surface area contributed by atoms with Crippen LogP contribution in [0.5, 0.6) is 17.2 Å². The highest BCUT2D eigenvalue weighted by Crippen LogP contribution is 2.41. The van der Waals surface area contributed by atoms with Crippen molar-refractivity contribution in [1.82, 2.24) is 9.80 Å². The number of hydrogen-bond acceptors (Lipinski definition) is 7. The van der Waals surface area contributed by atoms with Gasteiger partial charge in [-0.1, -0.05) is 26.8 Å². The zero-order valence-corrected chi connectivity index (χ0v) is 21.5. The smallest absolute Gasteiger partial charge is 0.295 e. The van der Waals surface area contributed by atoms with Crippen molar-refractivity contribution in [3.8, 4) is 17.2 Å². The Morgan fingerprint density at radius 3 is 2.31 bits per heavy atom. The molecule has 1 heterocycles. The number of benzene rings is 2. The van der Waals surface area contributed by atoms with Crippen LogP contribution < -0.4 is 9.47 Å². The molecule has 8 heteroatoms. The minimum absolute atomic E-state index is 0.00918. The van der Waals surface area contributed by atoms with E-state index < -0.39 is 17.7 Å². The number of aromatic hydroxyl groups is 1. The van der Waals surface area contributed by atoms with Crippen LogP contribution in [0.1, 0.15) is 51.3 Å². The Balaban J connectivity index is 2.08. The van der Waals surface area contributed by atoms with Gasteiger partial charge in [-0.15, -0.1) is 0 Å². The number of likely N-dealkylation sites (tertiary alicyclic amines) is 1. The van der Waals surface area contributed by atoms with Crippen molar-refractivity contribution in [2.45, 2.75) is 40.2 Å². The maximum absolute atomic E-state index is 13.3. The van der Waals surface area contributed by atoms with Crippen molar-refractivity contribution in [3.05, 3.63) is 59.2 Å². The third-order valence-corrected chi connectivity index (χ3v) is 6.29. The summed E-state index contributed by atoms with van der Waals surface area (Å²) in [7, 11) is 0. The molecule has 0 aromatic heterocycles. The van der Waals surface area contributed by atoms with E-state index in [0.29, 0.717) is 43.2 Å². The molecule has 1 unspecified atom stereocenters. The topological polar surface area (TPSA) is 99.5 Å². The van der Waals surface area contributed by atoms with E-state index in [9.17, 15) is 19.8 Å². The third-order valence-electron chi connectivity index (χ3n) is 6.29. The first-order chi connectivity index (χ1) is 17.4. The number of aliphatic hydroxyl groups is 1. The predicted molar refractivity (Wildman–Crippen MR) is 138 cm³/mol. The van der Waals surface area contributed by atoms with Gasteiger partial charge in [0, 0.05) is 18.7 Å². The van der Waals surface area contributed by atoms with E-state index in [1.165, 1.54) is 11.0 Å². The molecular weight excluding hydrogens is 460 g/mol. The first-order valence-corrected chi connectivity index (χ1v) is 12.6. The molecule has 3 rings (SSSR count). The van der Waals surface area contributed by atoms with Gasteiger partial charge < -0.3 is 29.5 Å². The Kier molecular flexibility index (Phi) is 9.36. The zero-order valence-electron chi connectivity index (χ0n) is 21.5. The zero-order chi connectivity index (χ0) is 26.2. The second kappa shape index (κ2) is 12.4. The molecule has 0 saturated carbocycles. The lowest BCUT2D eigenvalue weighted by Crippen LogP contribution is -2.38. The summed E-state index contributed by atoms with van der Waals surface area (Å²) in [5.74, 6) is -0.788. The van der Waals surface area contributed by atoms with Crippen LogP contribution in [0.25, 0.3) is 5.76 Å². The minimum Gasteiger partial charge on any atom is -0.507 e. The van der Waals surface area contributed by atoms with Gasteiger partial charge in [-0.05, 0) is 68.4 Å². The number of nitrogens with zero attached hydrogens (tertiary/aromatic N) is 2. The fraction of sp³-hybridized carbons (Fsp3) is 0.429. The number of carbonyl (C=O) groups is 2. The van der Waals surface area contributed by atoms with Crippen LogP contribution in [0, 0.1) is 0 Å². The molecule has 1 saturated heterocycles. The number of phenols is 1. The second-order valence-electron chi connectivity index (χ2n) is 8.55. The molecule has 2 N–H and O–H groups in total. The van der Waals surface area contributed by atoms with Crippen molar-refractivity contribution in [1.29, 1.82) is 0 Å². The van der Waals surface area contributed by atoms with Gasteiger partial charge >= 0.3 is 0 Å². The second-order valence-corrected chi connectivity index (χ2v) is 8.55. The highest BCUT2D eigenvalue weighted by molar-refractivity contribution is 6.46. The standard InChI is InChI=1S/C28H36N2O6/c1-5-17-36-21-12-9-19(10-13-21)26(32)24-25(20-11-14-22(31)23(18-20)35-8-4)30(28(34)27(24)33)16-15-29(6-2)7-3/h9-14,18,25,31-32H,5-8,15-17H2,1-4H3/b26-24-. The number of amides is 1. The van der Waals surface area contributed by atoms with E-state index in [0.717, 1.165) is 19.5 Å². The Morgan fingerprint density at radius 1 is 1.00 bits per heavy atom. The van der Waals surface area contributed by atoms with Crippen LogP contribution >= 0.6 is 0 Å². The molecule has 2 aromatic rings. The Bertz CT molecular complexity index is 1090. The van der Waals surface area contributed by atoms with Crippen molar-refractivity contribution in [2.24, 2.45) is 0 Å². The fourth-order valence-electron chi connectivity index (χ4n) is 4.30. The van der Waals surface area contributed by atoms with E-state index in [-0.39, 0.29) is 22.8 Å². The monoisotopic (exact) mass is 496 g/mol. The predicted octanol–water partition coefficient (Wildman–Crippen LogP) is 4.34. The van der Waals surface area contributed by atoms with Crippen LogP contribution in [0.15, 0.2) is 48.0 Å². The lowest BCUT2D eigenvalue weighted by molar-refractivity contribution is -0.140. The molecule has 8 nitrogen and oxygen atoms in total. The summed E-state index contributed by atoms with van der Waals surface area (Å²) < 4.78 is 11.2. The van der Waals surface area contributed by atoms with Gasteiger partial charge in [-0.25, -0.2) is 0 Å². The number of ketones is 1. The van der Waals surface area contributed by atoms with E-state index in [4.69, 9.17) is 9.47 Å². The number of ether oxygens (including phenoxy) is 2. The fourth-order valence-corrected chi connectivity index (χ4v) is 4.30. The summed E-state index contributed by atoms with van der Waals surface area (Å²) in [6, 6.07) is 10.7. The summed E-state index contributed by atoms with van der Waals surface area (Å²) in [6.45, 7) is 11.3. The molecule has 1 amide bonds. The molecule has 36 heavy (non-hydrogen) atoms. The Morgan fingerprint density at radius 2 is 1.69 bits per heavy atom. The number of aliphatic hydroxyl groups excluding tert-OH is 1. The van der Waals surface area contributed by atoms with Crippen LogP contribution in [-0.4, -0.2) is 71.1 Å². The summed E-state index contributed by atoms with van der Waals surface area (Å²) in [6.07, 6.45) is 0.870. The van der Waals surface area contributed by atoms with Crippen molar-refractivity contribution in [2.75, 3.05) is 39.4 Å². The molecule has 1 aliphatic heterocycles. The average molecular weight is 497 g/mol. The van der Waals surface area contributed by atoms with Gasteiger partial charge in [0.25, 0.3) is 11.7 Å². The molecular formula is C28H36N2O6. The largest absolute Gasteiger partial charge is 0.507 e. The van der Waals surface area contributed by atoms with Gasteiger partial charge in [-0.3, -0.25) is 9.59 Å². The van der Waals surface area contributed by atoms with E-state index >= 15 is 0 Å². The van der Waals surface area contributed by atoms with Gasteiger partial charge in [0.2, 0.25) is 0 Å². The molecule has 1 fully saturated rings. The minimum atomic E-state index is -0.823. The molecule has 194 valence electrons. The number of likely N-dealkylation sites (N-methyl/N-ethyl adjacent to an activating group) is 1. The van der Waals surface area contributed by atoms with E-state index in [1.807, 2.05) is 20.8 Å². The number of Topliss-reactive ketones (excluding diaryl/α,β-unsaturated/α-hetero) is 1. The van der Waals surface area contributed by atoms with E-state index in [2.05, 4.69) is 4.90 Å². The van der Waals surface area contributed by atoms with E-state index in [1.54, 1.807) is 43.3 Å². The van der Waals surface area contributed by atoms with Gasteiger partial charge in [0.15, 0.2) is 11.5 Å². The number of rotatable bonds is 12. The van der Waals surface area contributed by atoms with Crippen molar-refractivity contribution >= 4 is 17.4 Å². The lowest BCUT2D eigenvalue weighted by atomic mass is 9.95. The SMILES string of the molecule is CCCOc1ccc(/C(O)=C2/C(=O)C(=O)N(CCN(CC)CC)C2c2ccc(O)c(OCC)c2)cc1. The number of phenolic OH excluding ortho intramolecular Hbond substituents is 1. The Hall–Kier alpha value is -3.52. The molecule has 0 spiro atoms. The third kappa shape index (κ3) is 5.82. The highest BCUT2D eigenvalue weighted by Gasteiger charge is 2.46. The summed E-state index contributed by atoms with van der Waals surface area (Å²) >= 11 is 0. The molecule has 0 bridgehead atoms. The first kappa shape index (κ1) is 27.1. The quantitative estimate of drug-likeness (QED) is 0.256. The molecule has 0 aliphatic carbocycles. The van der Waals surface area contributed by atoms with Crippen LogP contribution in [0.4, 0.5) is 0 Å². The summed E-state index contributed by atoms with van der Waals surface area (Å²) in [4.78, 5) is 30.1. The van der Waals surface area contributed by atoms with Crippen LogP contribution in [0.2, 0.25) is 0 Å². The van der Waals surface area contributed by atoms with Crippen molar-refractivity contribution < 1.29 is 29.3 Å². The number of carbonyl (C=O) groups excluding carboxylic acids is 2. The van der Waals surface area contributed by atoms with Gasteiger partial charge in [0.05, 0.1) is 24.8 Å². The molecule has 0 radical (unpaired) electrons. The number of hydrogen-bond donors (Lipinski definition) is 2. The molecule has 2 aromatic carbocycles. The Labute approximate surface area is 212 Å². The van der Waals surface area contributed by atoms with Crippen molar-refractivity contribution in [3.63, 3.8) is 0 Å². The lowest BCUT2D eigenvalue weighted by Gasteiger charge is -2.28. The maximum Gasteiger partial charge on any atom is 0.295 e. The average Bonchev–Trinajstić information content (AvgIpc) is 3.14. The van der Waals surface area contributed by atoms with Crippen LogP contribution in [-0.2, 0) is 9.59 Å². The first-order valence-electron chi connectivity index (χ1n) is 12.6. The van der Waals surface area contributed by atoms with Gasteiger partial charge in [-0.2, -0.15) is 0 Å². The maximum atomic E-state index is 13.3. The molecule has 1 aliphatic rings. The summed E-state index contributed by atoms with van der Waals surface area (Å²) in [5, 5.41) is 21.5. The van der Waals surface area contributed by atoms with Gasteiger partial charge in [0.1, 0.15) is 11.5 Å². The molecule has 1 atom stereocenters. The van der Waals surface area contributed by atoms with Crippen LogP contribution in [0.3, 0.4) is 0 Å². The highest BCUT2D eigenvalue weighted by atomic mass is 16.5. The summed E-state index contributed by atoms with van der Waals surface area (Å²) in [5.41, 5.74) is 0.990.